The molecular weight excluding hydrogens is 236 g/mol. The number of ether oxygens (including phenoxy) is 2. The van der Waals surface area contributed by atoms with Crippen molar-refractivity contribution in [3.05, 3.63) is 35.4 Å². The maximum Gasteiger partial charge on any atom is 0.183 e. The van der Waals surface area contributed by atoms with Crippen LogP contribution in [0.25, 0.3) is 0 Å². The zero-order valence-corrected chi connectivity index (χ0v) is 13.0. The second kappa shape index (κ2) is 7.66. The standard InChI is InChI=1S/C17H28O2/c1-6-12-18-16(19-13-7-2)14-8-10-15(11-9-14)17(3,4)5/h8-11,16H,6-7,12-13H2,1-5H3. The van der Waals surface area contributed by atoms with Gasteiger partial charge in [-0.25, -0.2) is 0 Å². The van der Waals surface area contributed by atoms with E-state index in [1.165, 1.54) is 5.56 Å². The van der Waals surface area contributed by atoms with Gasteiger partial charge in [0.2, 0.25) is 0 Å². The highest BCUT2D eigenvalue weighted by Gasteiger charge is 2.16. The van der Waals surface area contributed by atoms with Crippen LogP contribution >= 0.6 is 0 Å². The number of rotatable bonds is 7. The van der Waals surface area contributed by atoms with E-state index in [0.717, 1.165) is 31.6 Å². The molecule has 0 aliphatic rings. The van der Waals surface area contributed by atoms with Gasteiger partial charge in [0.25, 0.3) is 0 Å². The largest absolute Gasteiger partial charge is 0.348 e. The van der Waals surface area contributed by atoms with Crippen molar-refractivity contribution in [1.29, 1.82) is 0 Å². The molecule has 0 radical (unpaired) electrons. The number of benzene rings is 1. The quantitative estimate of drug-likeness (QED) is 0.656. The van der Waals surface area contributed by atoms with Gasteiger partial charge in [0.15, 0.2) is 6.29 Å². The fourth-order valence-electron chi connectivity index (χ4n) is 1.83. The first-order valence-corrected chi connectivity index (χ1v) is 7.32. The topological polar surface area (TPSA) is 18.5 Å². The van der Waals surface area contributed by atoms with Crippen molar-refractivity contribution >= 4 is 0 Å². The predicted octanol–water partition coefficient (Wildman–Crippen LogP) is 4.84. The van der Waals surface area contributed by atoms with Gasteiger partial charge < -0.3 is 9.47 Å². The molecule has 0 bridgehead atoms. The van der Waals surface area contributed by atoms with Crippen molar-refractivity contribution in [3.8, 4) is 0 Å². The lowest BCUT2D eigenvalue weighted by molar-refractivity contribution is -0.146. The highest BCUT2D eigenvalue weighted by molar-refractivity contribution is 5.28. The summed E-state index contributed by atoms with van der Waals surface area (Å²) in [5, 5.41) is 0. The zero-order chi connectivity index (χ0) is 14.3. The lowest BCUT2D eigenvalue weighted by atomic mass is 9.87. The number of hydrogen-bond donors (Lipinski definition) is 0. The summed E-state index contributed by atoms with van der Waals surface area (Å²) in [6, 6.07) is 8.59. The van der Waals surface area contributed by atoms with Crippen molar-refractivity contribution in [2.24, 2.45) is 0 Å². The lowest BCUT2D eigenvalue weighted by Gasteiger charge is -2.22. The summed E-state index contributed by atoms with van der Waals surface area (Å²) in [7, 11) is 0. The van der Waals surface area contributed by atoms with Gasteiger partial charge in [-0.2, -0.15) is 0 Å². The van der Waals surface area contributed by atoms with E-state index in [1.807, 2.05) is 0 Å². The lowest BCUT2D eigenvalue weighted by Crippen LogP contribution is -2.13. The van der Waals surface area contributed by atoms with Crippen LogP contribution in [0.1, 0.15) is 64.9 Å². The molecule has 0 aromatic heterocycles. The van der Waals surface area contributed by atoms with E-state index in [0.29, 0.717) is 0 Å². The first-order chi connectivity index (χ1) is 8.99. The van der Waals surface area contributed by atoms with Gasteiger partial charge in [-0.3, -0.25) is 0 Å². The molecule has 0 N–H and O–H groups in total. The van der Waals surface area contributed by atoms with Crippen molar-refractivity contribution in [1.82, 2.24) is 0 Å². The molecule has 0 saturated heterocycles. The maximum atomic E-state index is 5.78. The van der Waals surface area contributed by atoms with E-state index in [4.69, 9.17) is 9.47 Å². The Kier molecular flexibility index (Phi) is 6.53. The maximum absolute atomic E-state index is 5.78. The van der Waals surface area contributed by atoms with E-state index in [1.54, 1.807) is 0 Å². The van der Waals surface area contributed by atoms with Crippen LogP contribution in [0.15, 0.2) is 24.3 Å². The van der Waals surface area contributed by atoms with Gasteiger partial charge in [-0.05, 0) is 23.8 Å². The minimum Gasteiger partial charge on any atom is -0.348 e. The summed E-state index contributed by atoms with van der Waals surface area (Å²) in [4.78, 5) is 0. The first-order valence-electron chi connectivity index (χ1n) is 7.32. The Hall–Kier alpha value is -0.860. The van der Waals surface area contributed by atoms with Crippen LogP contribution in [-0.4, -0.2) is 13.2 Å². The van der Waals surface area contributed by atoms with Gasteiger partial charge in [0.1, 0.15) is 0 Å². The molecule has 2 nitrogen and oxygen atoms in total. The highest BCUT2D eigenvalue weighted by Crippen LogP contribution is 2.25. The van der Waals surface area contributed by atoms with Crippen molar-refractivity contribution in [2.45, 2.75) is 59.2 Å². The molecule has 108 valence electrons. The van der Waals surface area contributed by atoms with Crippen LogP contribution in [0.4, 0.5) is 0 Å². The summed E-state index contributed by atoms with van der Waals surface area (Å²) in [6.45, 7) is 12.4. The predicted molar refractivity (Wildman–Crippen MR) is 80.4 cm³/mol. The molecule has 0 atom stereocenters. The minimum atomic E-state index is -0.228. The third kappa shape index (κ3) is 5.33. The molecule has 1 aromatic rings. The SMILES string of the molecule is CCCOC(OCCC)c1ccc(C(C)(C)C)cc1. The van der Waals surface area contributed by atoms with Crippen molar-refractivity contribution in [3.63, 3.8) is 0 Å². The molecule has 0 saturated carbocycles. The van der Waals surface area contributed by atoms with Gasteiger partial charge in [-0.15, -0.1) is 0 Å². The molecule has 0 fully saturated rings. The molecule has 0 amide bonds. The fraction of sp³-hybridized carbons (Fsp3) is 0.647. The van der Waals surface area contributed by atoms with Crippen LogP contribution in [0.5, 0.6) is 0 Å². The Bertz CT molecular complexity index is 341. The summed E-state index contributed by atoms with van der Waals surface area (Å²) >= 11 is 0. The fourth-order valence-corrected chi connectivity index (χ4v) is 1.83. The molecule has 0 unspecified atom stereocenters. The molecule has 2 heteroatoms. The molecule has 0 aliphatic carbocycles. The normalized spacial score (nSPS) is 12.1. The van der Waals surface area contributed by atoms with Gasteiger partial charge in [0.05, 0.1) is 0 Å². The summed E-state index contributed by atoms with van der Waals surface area (Å²) in [5.74, 6) is 0. The molecular formula is C17H28O2. The smallest absolute Gasteiger partial charge is 0.183 e. The highest BCUT2D eigenvalue weighted by atomic mass is 16.7. The Morgan fingerprint density at radius 2 is 1.37 bits per heavy atom. The summed E-state index contributed by atoms with van der Waals surface area (Å²) < 4.78 is 11.6. The molecule has 1 aromatic carbocycles. The van der Waals surface area contributed by atoms with E-state index in [9.17, 15) is 0 Å². The van der Waals surface area contributed by atoms with Crippen LogP contribution in [0.3, 0.4) is 0 Å². The third-order valence-electron chi connectivity index (χ3n) is 3.00. The summed E-state index contributed by atoms with van der Waals surface area (Å²) in [5.41, 5.74) is 2.62. The van der Waals surface area contributed by atoms with E-state index >= 15 is 0 Å². The Labute approximate surface area is 118 Å². The molecule has 19 heavy (non-hydrogen) atoms. The number of hydrogen-bond acceptors (Lipinski definition) is 2. The second-order valence-electron chi connectivity index (χ2n) is 5.95. The Morgan fingerprint density at radius 1 is 0.895 bits per heavy atom. The van der Waals surface area contributed by atoms with Gasteiger partial charge >= 0.3 is 0 Å². The molecule has 0 aliphatic heterocycles. The molecule has 1 rings (SSSR count). The van der Waals surface area contributed by atoms with Crippen LogP contribution in [-0.2, 0) is 14.9 Å². The monoisotopic (exact) mass is 264 g/mol. The average Bonchev–Trinajstić information content (AvgIpc) is 2.38. The zero-order valence-electron chi connectivity index (χ0n) is 13.0. The van der Waals surface area contributed by atoms with E-state index in [-0.39, 0.29) is 11.7 Å². The molecule has 0 spiro atoms. The van der Waals surface area contributed by atoms with E-state index in [2.05, 4.69) is 58.9 Å². The van der Waals surface area contributed by atoms with Crippen molar-refractivity contribution in [2.75, 3.05) is 13.2 Å². The van der Waals surface area contributed by atoms with Crippen LogP contribution in [0.2, 0.25) is 0 Å². The van der Waals surface area contributed by atoms with Crippen LogP contribution < -0.4 is 0 Å². The van der Waals surface area contributed by atoms with Gasteiger partial charge in [-0.1, -0.05) is 58.9 Å². The molecule has 0 heterocycles. The van der Waals surface area contributed by atoms with E-state index < -0.39 is 0 Å². The summed E-state index contributed by atoms with van der Waals surface area (Å²) in [6.07, 6.45) is 1.78. The minimum absolute atomic E-state index is 0.183. The Morgan fingerprint density at radius 3 is 1.74 bits per heavy atom. The average molecular weight is 264 g/mol. The van der Waals surface area contributed by atoms with Crippen molar-refractivity contribution < 1.29 is 9.47 Å². The third-order valence-corrected chi connectivity index (χ3v) is 3.00. The first kappa shape index (κ1) is 16.2. The second-order valence-corrected chi connectivity index (χ2v) is 5.95. The van der Waals surface area contributed by atoms with Gasteiger partial charge in [0, 0.05) is 18.8 Å². The van der Waals surface area contributed by atoms with Crippen LogP contribution in [0, 0.1) is 0 Å². The Balaban J connectivity index is 2.78.